The lowest BCUT2D eigenvalue weighted by atomic mass is 9.41. The number of ether oxygens (including phenoxy) is 1. The molecule has 2 aromatic heterocycles. The van der Waals surface area contributed by atoms with E-state index >= 15 is 0 Å². The molecule has 5 aliphatic rings. The summed E-state index contributed by atoms with van der Waals surface area (Å²) in [5, 5.41) is 17.7. The molecule has 0 radical (unpaired) electrons. The largest absolute Gasteiger partial charge is 0.445 e. The average Bonchev–Trinajstić information content (AvgIpc) is 3.44. The molecule has 1 aliphatic heterocycles. The fourth-order valence-corrected chi connectivity index (χ4v) is 7.79. The number of carbonyl (C=O) groups excluding carboxylic acids is 2. The van der Waals surface area contributed by atoms with Gasteiger partial charge in [0.25, 0.3) is 5.78 Å². The lowest BCUT2D eigenvalue weighted by Crippen LogP contribution is -2.71. The van der Waals surface area contributed by atoms with E-state index in [-0.39, 0.29) is 68.7 Å². The van der Waals surface area contributed by atoms with Gasteiger partial charge in [-0.25, -0.2) is 32.4 Å². The number of aromatic nitrogens is 4. The van der Waals surface area contributed by atoms with Crippen LogP contribution < -0.4 is 5.32 Å². The third-order valence-electron chi connectivity index (χ3n) is 10.5. The molecular formula is C32H34F6N6O4. The maximum absolute atomic E-state index is 14.3. The van der Waals surface area contributed by atoms with Gasteiger partial charge < -0.3 is 20.1 Å². The van der Waals surface area contributed by atoms with Gasteiger partial charge in [-0.15, -0.1) is 0 Å². The van der Waals surface area contributed by atoms with E-state index in [1.807, 2.05) is 6.07 Å². The molecule has 1 saturated heterocycles. The van der Waals surface area contributed by atoms with Crippen molar-refractivity contribution in [2.75, 3.05) is 6.54 Å². The summed E-state index contributed by atoms with van der Waals surface area (Å²) in [4.78, 5) is 36.6. The number of likely N-dealkylation sites (tertiary alicyclic amines) is 1. The molecule has 4 saturated carbocycles. The van der Waals surface area contributed by atoms with Gasteiger partial charge in [0.2, 0.25) is 11.8 Å². The molecule has 2 amide bonds. The summed E-state index contributed by atoms with van der Waals surface area (Å²) in [7, 11) is 0. The van der Waals surface area contributed by atoms with Crippen molar-refractivity contribution in [3.05, 3.63) is 59.7 Å². The molecule has 1 aromatic carbocycles. The summed E-state index contributed by atoms with van der Waals surface area (Å²) in [6.07, 6.45) is -5.39. The van der Waals surface area contributed by atoms with Gasteiger partial charge in [-0.05, 0) is 43.6 Å². The van der Waals surface area contributed by atoms with E-state index in [0.717, 1.165) is 5.56 Å². The first kappa shape index (κ1) is 32.6. The summed E-state index contributed by atoms with van der Waals surface area (Å²) in [6.45, 7) is -0.454. The molecule has 2 N–H and O–H groups in total. The summed E-state index contributed by atoms with van der Waals surface area (Å²) in [6, 6.07) is 6.72. The first-order valence-corrected chi connectivity index (χ1v) is 15.9. The number of benzene rings is 1. The average molecular weight is 681 g/mol. The zero-order valence-corrected chi connectivity index (χ0v) is 25.7. The number of nitrogens with zero attached hydrogens (tertiary/aromatic N) is 5. The molecule has 3 aromatic rings. The first-order valence-electron chi connectivity index (χ1n) is 15.9. The number of fused-ring (bicyclic) bond motifs is 1. The van der Waals surface area contributed by atoms with Crippen LogP contribution in [0.25, 0.3) is 5.78 Å². The number of carbonyl (C=O) groups is 2. The Kier molecular flexibility index (Phi) is 7.68. The van der Waals surface area contributed by atoms with Gasteiger partial charge in [0.05, 0.1) is 41.3 Å². The highest BCUT2D eigenvalue weighted by Crippen LogP contribution is 2.70. The number of alkyl halides is 6. The normalized spacial score (nSPS) is 30.6. The van der Waals surface area contributed by atoms with Crippen molar-refractivity contribution in [1.82, 2.24) is 29.8 Å². The quantitative estimate of drug-likeness (QED) is 0.304. The van der Waals surface area contributed by atoms with Gasteiger partial charge in [0, 0.05) is 32.2 Å². The SMILES string of the molecule is O=C(N[C@H](c1cn2ncc(C3CC(O)(C(F)(F)F)CCN3C(=O)C34CC(F)(C3)C4)nc2n1)C1CCC(F)(F)CC1)OCc1ccccc1. The second kappa shape index (κ2) is 11.3. The van der Waals surface area contributed by atoms with E-state index in [1.165, 1.54) is 21.8 Å². The fourth-order valence-electron chi connectivity index (χ4n) is 7.79. The third-order valence-corrected chi connectivity index (χ3v) is 10.5. The van der Waals surface area contributed by atoms with Gasteiger partial charge in [0.1, 0.15) is 12.3 Å². The zero-order valence-electron chi connectivity index (χ0n) is 25.7. The van der Waals surface area contributed by atoms with Gasteiger partial charge in [-0.2, -0.15) is 18.3 Å². The number of imidazole rings is 1. The number of aliphatic hydroxyl groups is 1. The molecular weight excluding hydrogens is 646 g/mol. The van der Waals surface area contributed by atoms with Crippen LogP contribution in [0.5, 0.6) is 0 Å². The maximum atomic E-state index is 14.3. The maximum Gasteiger partial charge on any atom is 0.417 e. The van der Waals surface area contributed by atoms with Gasteiger partial charge in [0.15, 0.2) is 5.60 Å². The molecule has 3 atom stereocenters. The van der Waals surface area contributed by atoms with E-state index in [4.69, 9.17) is 4.74 Å². The molecule has 5 fully saturated rings. The predicted octanol–water partition coefficient (Wildman–Crippen LogP) is 5.77. The Labute approximate surface area is 270 Å². The lowest BCUT2D eigenvalue weighted by Gasteiger charge is -2.65. The molecule has 16 heteroatoms. The Morgan fingerprint density at radius 3 is 2.38 bits per heavy atom. The van der Waals surface area contributed by atoms with E-state index in [1.54, 1.807) is 24.3 Å². The molecule has 4 aliphatic carbocycles. The smallest absolute Gasteiger partial charge is 0.417 e. The Hall–Kier alpha value is -3.95. The van der Waals surface area contributed by atoms with Crippen LogP contribution >= 0.6 is 0 Å². The van der Waals surface area contributed by atoms with Crippen molar-refractivity contribution in [2.24, 2.45) is 11.3 Å². The minimum absolute atomic E-state index is 0.00912. The van der Waals surface area contributed by atoms with E-state index in [0.29, 0.717) is 0 Å². The monoisotopic (exact) mass is 680 g/mol. The van der Waals surface area contributed by atoms with Crippen LogP contribution in [0, 0.1) is 11.3 Å². The Bertz CT molecular complexity index is 1690. The molecule has 0 spiro atoms. The van der Waals surface area contributed by atoms with Crippen LogP contribution in [0.15, 0.2) is 42.7 Å². The first-order chi connectivity index (χ1) is 22.6. The summed E-state index contributed by atoms with van der Waals surface area (Å²) < 4.78 is 91.0. The minimum Gasteiger partial charge on any atom is -0.445 e. The van der Waals surface area contributed by atoms with E-state index < -0.39 is 78.2 Å². The topological polar surface area (TPSA) is 122 Å². The van der Waals surface area contributed by atoms with Gasteiger partial charge >= 0.3 is 12.3 Å². The highest BCUT2D eigenvalue weighted by molar-refractivity contribution is 5.87. The van der Waals surface area contributed by atoms with Crippen LogP contribution in [0.2, 0.25) is 0 Å². The van der Waals surface area contributed by atoms with Crippen LogP contribution in [0.4, 0.5) is 31.1 Å². The molecule has 3 heterocycles. The lowest BCUT2D eigenvalue weighted by molar-refractivity contribution is -0.280. The van der Waals surface area contributed by atoms with Gasteiger partial charge in [-0.1, -0.05) is 30.3 Å². The Morgan fingerprint density at radius 1 is 1.04 bits per heavy atom. The summed E-state index contributed by atoms with van der Waals surface area (Å²) in [5.74, 6) is -3.83. The van der Waals surface area contributed by atoms with Crippen molar-refractivity contribution in [2.45, 2.75) is 99.8 Å². The number of halogens is 6. The third kappa shape index (κ3) is 5.85. The molecule has 2 bridgehead atoms. The molecule has 2 unspecified atom stereocenters. The minimum atomic E-state index is -4.98. The Balaban J connectivity index is 1.17. The number of alkyl carbamates (subject to hydrolysis) is 1. The van der Waals surface area contributed by atoms with E-state index in [2.05, 4.69) is 20.4 Å². The number of nitrogens with one attached hydrogen (secondary N) is 1. The second-order valence-electron chi connectivity index (χ2n) is 13.9. The predicted molar refractivity (Wildman–Crippen MR) is 155 cm³/mol. The van der Waals surface area contributed by atoms with Crippen molar-refractivity contribution in [3.8, 4) is 0 Å². The second-order valence-corrected chi connectivity index (χ2v) is 13.9. The number of amides is 2. The number of piperidine rings is 1. The fraction of sp³-hybridized carbons (Fsp3) is 0.594. The molecule has 48 heavy (non-hydrogen) atoms. The number of hydrogen-bond acceptors (Lipinski definition) is 7. The van der Waals surface area contributed by atoms with Crippen LogP contribution in [-0.4, -0.2) is 71.5 Å². The van der Waals surface area contributed by atoms with Crippen molar-refractivity contribution < 1.29 is 45.8 Å². The molecule has 10 nitrogen and oxygen atoms in total. The Morgan fingerprint density at radius 2 is 1.73 bits per heavy atom. The highest BCUT2D eigenvalue weighted by atomic mass is 19.4. The van der Waals surface area contributed by atoms with E-state index in [9.17, 15) is 41.0 Å². The van der Waals surface area contributed by atoms with Crippen molar-refractivity contribution >= 4 is 17.8 Å². The van der Waals surface area contributed by atoms with Crippen molar-refractivity contribution in [1.29, 1.82) is 0 Å². The van der Waals surface area contributed by atoms with Crippen molar-refractivity contribution in [3.63, 3.8) is 0 Å². The summed E-state index contributed by atoms with van der Waals surface area (Å²) >= 11 is 0. The number of rotatable bonds is 7. The van der Waals surface area contributed by atoms with Crippen LogP contribution in [0.3, 0.4) is 0 Å². The molecule has 8 rings (SSSR count). The number of hydrogen-bond donors (Lipinski definition) is 2. The standard InChI is InChI=1S/C32H34F6N6O4/c33-29-16-28(17-29,18-29)25(45)43-11-10-30(47,32(36,37)38)12-23(43)21-13-39-44-14-22(41-26(44)40-21)24(20-6-8-31(34,35)9-7-20)42-27(46)48-15-19-4-2-1-3-5-19/h1-5,13-14,20,23-24,47H,6-12,15-18H2,(H,42,46)/t23?,24-,28?,29?,30?/m0/s1. The molecule has 258 valence electrons. The van der Waals surface area contributed by atoms with Gasteiger partial charge in [-0.3, -0.25) is 4.79 Å². The summed E-state index contributed by atoms with van der Waals surface area (Å²) in [5.41, 5.74) is -4.57. The highest BCUT2D eigenvalue weighted by Gasteiger charge is 2.74. The zero-order chi connectivity index (χ0) is 34.1. The van der Waals surface area contributed by atoms with Crippen LogP contribution in [-0.2, 0) is 16.1 Å². The van der Waals surface area contributed by atoms with Crippen LogP contribution in [0.1, 0.15) is 86.8 Å².